The van der Waals surface area contributed by atoms with Crippen LogP contribution in [-0.4, -0.2) is 73.1 Å². The number of carbonyl (C=O) groups is 1. The van der Waals surface area contributed by atoms with Crippen LogP contribution in [0.2, 0.25) is 0 Å². The van der Waals surface area contributed by atoms with E-state index in [0.29, 0.717) is 0 Å². The van der Waals surface area contributed by atoms with Crippen LogP contribution in [-0.2, 0) is 4.79 Å². The van der Waals surface area contributed by atoms with E-state index >= 15 is 0 Å². The molecule has 0 N–H and O–H groups in total. The van der Waals surface area contributed by atoms with Crippen molar-refractivity contribution in [2.24, 2.45) is 0 Å². The molecule has 2 aromatic rings. The lowest BCUT2D eigenvalue weighted by Gasteiger charge is -2.38. The number of piperazine rings is 2. The van der Waals surface area contributed by atoms with Crippen molar-refractivity contribution in [3.8, 4) is 0 Å². The van der Waals surface area contributed by atoms with Crippen LogP contribution in [0.15, 0.2) is 30.6 Å². The maximum atomic E-state index is 11.5. The maximum absolute atomic E-state index is 11.5. The summed E-state index contributed by atoms with van der Waals surface area (Å²) in [7, 11) is 0. The van der Waals surface area contributed by atoms with Gasteiger partial charge in [-0.25, -0.2) is 9.97 Å². The Morgan fingerprint density at radius 2 is 1.38 bits per heavy atom. The van der Waals surface area contributed by atoms with Gasteiger partial charge in [0, 0.05) is 71.0 Å². The van der Waals surface area contributed by atoms with Crippen molar-refractivity contribution in [1.29, 1.82) is 0 Å². The summed E-state index contributed by atoms with van der Waals surface area (Å²) < 4.78 is 0. The molecule has 2 aliphatic rings. The molecule has 4 rings (SSSR count). The number of hydrogen-bond acceptors (Lipinski definition) is 6. The zero-order chi connectivity index (χ0) is 20.4. The third-order valence-electron chi connectivity index (χ3n) is 6.21. The molecule has 0 radical (unpaired) electrons. The van der Waals surface area contributed by atoms with Crippen LogP contribution in [0.3, 0.4) is 0 Å². The summed E-state index contributed by atoms with van der Waals surface area (Å²) in [6, 6.07) is 8.64. The minimum atomic E-state index is 0.148. The van der Waals surface area contributed by atoms with Crippen LogP contribution in [0.1, 0.15) is 18.1 Å². The highest BCUT2D eigenvalue weighted by molar-refractivity contribution is 5.73. The van der Waals surface area contributed by atoms with Crippen molar-refractivity contribution in [3.63, 3.8) is 0 Å². The molecule has 7 heteroatoms. The molecule has 0 unspecified atom stereocenters. The van der Waals surface area contributed by atoms with Gasteiger partial charge in [0.05, 0.1) is 0 Å². The van der Waals surface area contributed by atoms with Crippen molar-refractivity contribution < 1.29 is 4.79 Å². The molecular weight excluding hydrogens is 364 g/mol. The molecule has 2 saturated heterocycles. The van der Waals surface area contributed by atoms with E-state index in [-0.39, 0.29) is 5.91 Å². The van der Waals surface area contributed by atoms with Gasteiger partial charge in [0.25, 0.3) is 0 Å². The molecule has 29 heavy (non-hydrogen) atoms. The van der Waals surface area contributed by atoms with Gasteiger partial charge in [-0.15, -0.1) is 0 Å². The lowest BCUT2D eigenvalue weighted by atomic mass is 10.1. The van der Waals surface area contributed by atoms with Crippen molar-refractivity contribution in [1.82, 2.24) is 14.9 Å². The first-order chi connectivity index (χ1) is 14.0. The number of aromatic nitrogens is 2. The molecule has 154 valence electrons. The number of hydrogen-bond donors (Lipinski definition) is 0. The first-order valence-electron chi connectivity index (χ1n) is 10.4. The predicted molar refractivity (Wildman–Crippen MR) is 117 cm³/mol. The van der Waals surface area contributed by atoms with Gasteiger partial charge in [-0.1, -0.05) is 12.1 Å². The van der Waals surface area contributed by atoms with Gasteiger partial charge in [-0.3, -0.25) is 4.79 Å². The summed E-state index contributed by atoms with van der Waals surface area (Å²) in [5.41, 5.74) is 4.06. The zero-order valence-electron chi connectivity index (χ0n) is 17.6. The lowest BCUT2D eigenvalue weighted by Crippen LogP contribution is -2.48. The highest BCUT2D eigenvalue weighted by atomic mass is 16.2. The molecule has 0 aliphatic carbocycles. The summed E-state index contributed by atoms with van der Waals surface area (Å²) in [6.45, 7) is 13.0. The van der Waals surface area contributed by atoms with Gasteiger partial charge in [0.2, 0.25) is 5.91 Å². The van der Waals surface area contributed by atoms with Gasteiger partial charge in [0.15, 0.2) is 0 Å². The first-order valence-corrected chi connectivity index (χ1v) is 10.4. The second-order valence-electron chi connectivity index (χ2n) is 7.92. The number of carbonyl (C=O) groups excluding carboxylic acids is 1. The highest BCUT2D eigenvalue weighted by Crippen LogP contribution is 2.26. The monoisotopic (exact) mass is 394 g/mol. The molecule has 2 fully saturated rings. The fourth-order valence-corrected chi connectivity index (χ4v) is 4.19. The van der Waals surface area contributed by atoms with Crippen molar-refractivity contribution in [2.45, 2.75) is 20.8 Å². The number of aryl methyl sites for hydroxylation is 1. The molecule has 1 aromatic carbocycles. The molecule has 1 aromatic heterocycles. The Morgan fingerprint density at radius 1 is 0.828 bits per heavy atom. The van der Waals surface area contributed by atoms with Crippen LogP contribution in [0.25, 0.3) is 0 Å². The van der Waals surface area contributed by atoms with E-state index in [9.17, 15) is 4.79 Å². The molecular formula is C22H30N6O. The van der Waals surface area contributed by atoms with Gasteiger partial charge in [-0.05, 0) is 31.0 Å². The topological polar surface area (TPSA) is 55.8 Å². The van der Waals surface area contributed by atoms with E-state index in [4.69, 9.17) is 0 Å². The van der Waals surface area contributed by atoms with Crippen molar-refractivity contribution >= 4 is 23.2 Å². The third kappa shape index (κ3) is 4.13. The number of rotatable bonds is 3. The molecule has 3 heterocycles. The summed E-state index contributed by atoms with van der Waals surface area (Å²) in [4.78, 5) is 29.5. The molecule has 2 aliphatic heterocycles. The minimum Gasteiger partial charge on any atom is -0.368 e. The number of amides is 1. The molecule has 7 nitrogen and oxygen atoms in total. The Morgan fingerprint density at radius 3 is 1.97 bits per heavy atom. The molecule has 0 bridgehead atoms. The van der Waals surface area contributed by atoms with E-state index < -0.39 is 0 Å². The fourth-order valence-electron chi connectivity index (χ4n) is 4.19. The van der Waals surface area contributed by atoms with Gasteiger partial charge >= 0.3 is 0 Å². The summed E-state index contributed by atoms with van der Waals surface area (Å²) in [5, 5.41) is 0. The van der Waals surface area contributed by atoms with E-state index in [1.165, 1.54) is 16.8 Å². The highest BCUT2D eigenvalue weighted by Gasteiger charge is 2.23. The molecule has 0 spiro atoms. The van der Waals surface area contributed by atoms with E-state index in [2.05, 4.69) is 62.8 Å². The van der Waals surface area contributed by atoms with E-state index in [0.717, 1.165) is 64.0 Å². The Labute approximate surface area is 172 Å². The quantitative estimate of drug-likeness (QED) is 0.795. The SMILES string of the molecule is CC(=O)N1CCN(c2cc(N3CCN(c4cccc(C)c4C)CC3)ncn2)CC1. The Balaban J connectivity index is 1.40. The fraction of sp³-hybridized carbons (Fsp3) is 0.500. The van der Waals surface area contributed by atoms with E-state index in [1.54, 1.807) is 13.3 Å². The number of nitrogens with zero attached hydrogens (tertiary/aromatic N) is 6. The molecule has 0 atom stereocenters. The van der Waals surface area contributed by atoms with Crippen LogP contribution < -0.4 is 14.7 Å². The van der Waals surface area contributed by atoms with Crippen molar-refractivity contribution in [3.05, 3.63) is 41.7 Å². The predicted octanol–water partition coefficient (Wildman–Crippen LogP) is 2.09. The average molecular weight is 395 g/mol. The summed E-state index contributed by atoms with van der Waals surface area (Å²) in [5.74, 6) is 2.09. The maximum Gasteiger partial charge on any atom is 0.219 e. The van der Waals surface area contributed by atoms with Gasteiger partial charge < -0.3 is 19.6 Å². The standard InChI is InChI=1S/C22H30N6O/c1-17-5-4-6-20(18(17)2)26-9-13-28(14-10-26)22-15-21(23-16-24-22)27-11-7-25(8-12-27)19(3)29/h4-6,15-16H,7-14H2,1-3H3. The summed E-state index contributed by atoms with van der Waals surface area (Å²) in [6.07, 6.45) is 1.67. The van der Waals surface area contributed by atoms with Crippen molar-refractivity contribution in [2.75, 3.05) is 67.1 Å². The second-order valence-corrected chi connectivity index (χ2v) is 7.92. The second kappa shape index (κ2) is 8.27. The third-order valence-corrected chi connectivity index (χ3v) is 6.21. The van der Waals surface area contributed by atoms with Crippen LogP contribution >= 0.6 is 0 Å². The zero-order valence-corrected chi connectivity index (χ0v) is 17.6. The van der Waals surface area contributed by atoms with Crippen LogP contribution in [0.4, 0.5) is 17.3 Å². The van der Waals surface area contributed by atoms with Crippen LogP contribution in [0, 0.1) is 13.8 Å². The van der Waals surface area contributed by atoms with E-state index in [1.807, 2.05) is 4.90 Å². The normalized spacial score (nSPS) is 17.6. The first kappa shape index (κ1) is 19.5. The number of benzene rings is 1. The Hall–Kier alpha value is -2.83. The smallest absolute Gasteiger partial charge is 0.219 e. The summed E-state index contributed by atoms with van der Waals surface area (Å²) >= 11 is 0. The molecule has 0 saturated carbocycles. The van der Waals surface area contributed by atoms with Gasteiger partial charge in [0.1, 0.15) is 18.0 Å². The largest absolute Gasteiger partial charge is 0.368 e. The minimum absolute atomic E-state index is 0.148. The van der Waals surface area contributed by atoms with Crippen LogP contribution in [0.5, 0.6) is 0 Å². The number of anilines is 3. The Kier molecular flexibility index (Phi) is 5.56. The lowest BCUT2D eigenvalue weighted by molar-refractivity contribution is -0.129. The molecule has 1 amide bonds. The average Bonchev–Trinajstić information content (AvgIpc) is 2.76. The Bertz CT molecular complexity index is 869. The van der Waals surface area contributed by atoms with Gasteiger partial charge in [-0.2, -0.15) is 0 Å².